The van der Waals surface area contributed by atoms with E-state index >= 15 is 0 Å². The van der Waals surface area contributed by atoms with Crippen LogP contribution in [-0.2, 0) is 14.6 Å². The molecule has 6 heteroatoms. The summed E-state index contributed by atoms with van der Waals surface area (Å²) in [5, 5.41) is -0.00850. The molecule has 3 atom stereocenters. The van der Waals surface area contributed by atoms with Crippen LogP contribution in [0, 0.1) is 0 Å². The lowest BCUT2D eigenvalue weighted by atomic mass is 10.1. The summed E-state index contributed by atoms with van der Waals surface area (Å²) in [5.74, 6) is -0.169. The summed E-state index contributed by atoms with van der Waals surface area (Å²) in [6.07, 6.45) is 0. The van der Waals surface area contributed by atoms with Crippen molar-refractivity contribution in [2.24, 2.45) is 5.73 Å². The number of rotatable bonds is 6. The van der Waals surface area contributed by atoms with Crippen molar-refractivity contribution in [1.82, 2.24) is 0 Å². The molecule has 0 spiro atoms. The minimum atomic E-state index is -3.22. The van der Waals surface area contributed by atoms with Gasteiger partial charge in [-0.05, 0) is 24.6 Å². The van der Waals surface area contributed by atoms with Crippen LogP contribution in [-0.4, -0.2) is 38.2 Å². The largest absolute Gasteiger partial charge is 0.380 e. The van der Waals surface area contributed by atoms with Crippen molar-refractivity contribution in [3.63, 3.8) is 0 Å². The zero-order valence-corrected chi connectivity index (χ0v) is 13.2. The molecule has 0 amide bonds. The van der Waals surface area contributed by atoms with Crippen LogP contribution in [0.1, 0.15) is 25.3 Å². The van der Waals surface area contributed by atoms with E-state index in [9.17, 15) is 8.42 Å². The second-order valence-electron chi connectivity index (χ2n) is 5.15. The van der Waals surface area contributed by atoms with Crippen molar-refractivity contribution in [2.75, 3.05) is 19.0 Å². The van der Waals surface area contributed by atoms with Crippen molar-refractivity contribution >= 4 is 21.4 Å². The van der Waals surface area contributed by atoms with Gasteiger partial charge in [0.2, 0.25) is 0 Å². The van der Waals surface area contributed by atoms with Gasteiger partial charge < -0.3 is 10.5 Å². The first-order chi connectivity index (χ1) is 9.36. The fraction of sp³-hybridized carbons (Fsp3) is 0.571. The fourth-order valence-electron chi connectivity index (χ4n) is 2.78. The van der Waals surface area contributed by atoms with E-state index < -0.39 is 20.6 Å². The number of nitrogens with two attached hydrogens (primary N) is 1. The highest BCUT2D eigenvalue weighted by Gasteiger charge is 2.68. The molecule has 0 aromatic heterocycles. The monoisotopic (exact) mass is 317 g/mol. The first-order valence-corrected chi connectivity index (χ1v) is 8.79. The molecule has 4 nitrogen and oxygen atoms in total. The number of hydrogen-bond donors (Lipinski definition) is 1. The summed E-state index contributed by atoms with van der Waals surface area (Å²) < 4.78 is 29.9. The van der Waals surface area contributed by atoms with Crippen LogP contribution in [0.15, 0.2) is 24.3 Å². The summed E-state index contributed by atoms with van der Waals surface area (Å²) in [5.41, 5.74) is 6.33. The highest BCUT2D eigenvalue weighted by Crippen LogP contribution is 2.54. The van der Waals surface area contributed by atoms with Crippen molar-refractivity contribution in [3.8, 4) is 0 Å². The minimum absolute atomic E-state index is 0.0831. The van der Waals surface area contributed by atoms with E-state index in [0.717, 1.165) is 5.56 Å². The van der Waals surface area contributed by atoms with Crippen LogP contribution in [0.5, 0.6) is 0 Å². The molecule has 1 aliphatic rings. The van der Waals surface area contributed by atoms with E-state index in [-0.39, 0.29) is 18.3 Å². The Labute approximate surface area is 125 Å². The van der Waals surface area contributed by atoms with E-state index in [1.165, 1.54) is 0 Å². The van der Waals surface area contributed by atoms with Gasteiger partial charge in [-0.1, -0.05) is 30.7 Å². The molecule has 1 aliphatic carbocycles. The summed E-state index contributed by atoms with van der Waals surface area (Å²) in [6.45, 7) is 4.26. The number of ether oxygens (including phenoxy) is 1. The predicted octanol–water partition coefficient (Wildman–Crippen LogP) is 1.97. The molecule has 20 heavy (non-hydrogen) atoms. The molecule has 0 heterocycles. The summed E-state index contributed by atoms with van der Waals surface area (Å²) in [7, 11) is -3.22. The Kier molecular flexibility index (Phi) is 4.44. The molecule has 1 aromatic carbocycles. The highest BCUT2D eigenvalue weighted by atomic mass is 35.5. The Hall–Kier alpha value is -0.620. The lowest BCUT2D eigenvalue weighted by molar-refractivity contribution is 0.125. The normalized spacial score (nSPS) is 29.4. The molecule has 0 saturated heterocycles. The number of sulfone groups is 1. The van der Waals surface area contributed by atoms with Crippen LogP contribution in [0.3, 0.4) is 0 Å². The molecular formula is C14H20ClNO3S. The average Bonchev–Trinajstić information content (AvgIpc) is 3.04. The maximum atomic E-state index is 12.2. The SMILES string of the molecule is CCOC[C@]1(N)[C@@H](c2cccc(Cl)c2)[C@@H]1S(=O)(=O)CC. The molecule has 1 aromatic rings. The molecule has 0 aliphatic heterocycles. The molecular weight excluding hydrogens is 298 g/mol. The Balaban J connectivity index is 2.35. The maximum absolute atomic E-state index is 12.2. The summed E-state index contributed by atoms with van der Waals surface area (Å²) >= 11 is 5.99. The number of hydrogen-bond acceptors (Lipinski definition) is 4. The van der Waals surface area contributed by atoms with Crippen molar-refractivity contribution in [3.05, 3.63) is 34.9 Å². The van der Waals surface area contributed by atoms with E-state index in [1.807, 2.05) is 19.1 Å². The van der Waals surface area contributed by atoms with E-state index in [2.05, 4.69) is 0 Å². The van der Waals surface area contributed by atoms with Gasteiger partial charge in [-0.15, -0.1) is 0 Å². The zero-order valence-electron chi connectivity index (χ0n) is 11.7. The number of benzene rings is 1. The average molecular weight is 318 g/mol. The quantitative estimate of drug-likeness (QED) is 0.871. The first-order valence-electron chi connectivity index (χ1n) is 6.70. The van der Waals surface area contributed by atoms with E-state index in [0.29, 0.717) is 11.6 Å². The second-order valence-corrected chi connectivity index (χ2v) is 8.00. The lowest BCUT2D eigenvalue weighted by Crippen LogP contribution is -2.36. The smallest absolute Gasteiger partial charge is 0.155 e. The van der Waals surface area contributed by atoms with E-state index in [1.54, 1.807) is 19.1 Å². The van der Waals surface area contributed by atoms with Crippen molar-refractivity contribution in [2.45, 2.75) is 30.6 Å². The van der Waals surface area contributed by atoms with E-state index in [4.69, 9.17) is 22.1 Å². The van der Waals surface area contributed by atoms with Gasteiger partial charge in [-0.3, -0.25) is 0 Å². The molecule has 0 unspecified atom stereocenters. The minimum Gasteiger partial charge on any atom is -0.380 e. The zero-order chi connectivity index (χ0) is 15.0. The van der Waals surface area contributed by atoms with Gasteiger partial charge >= 0.3 is 0 Å². The maximum Gasteiger partial charge on any atom is 0.155 e. The molecule has 0 bridgehead atoms. The molecule has 1 fully saturated rings. The lowest BCUT2D eigenvalue weighted by Gasteiger charge is -2.12. The Bertz CT molecular complexity index is 590. The van der Waals surface area contributed by atoms with Crippen LogP contribution < -0.4 is 5.73 Å². The van der Waals surface area contributed by atoms with Gasteiger partial charge in [0, 0.05) is 23.3 Å². The van der Waals surface area contributed by atoms with Gasteiger partial charge in [0.05, 0.1) is 17.4 Å². The van der Waals surface area contributed by atoms with Crippen LogP contribution in [0.2, 0.25) is 5.02 Å². The first kappa shape index (κ1) is 15.8. The Morgan fingerprint density at radius 2 is 2.10 bits per heavy atom. The second kappa shape index (κ2) is 5.64. The van der Waals surface area contributed by atoms with Gasteiger partial charge in [-0.25, -0.2) is 8.42 Å². The van der Waals surface area contributed by atoms with Gasteiger partial charge in [0.15, 0.2) is 9.84 Å². The molecule has 2 N–H and O–H groups in total. The van der Waals surface area contributed by atoms with Crippen LogP contribution in [0.25, 0.3) is 0 Å². The Morgan fingerprint density at radius 1 is 1.40 bits per heavy atom. The fourth-order valence-corrected chi connectivity index (χ4v) is 4.97. The highest BCUT2D eigenvalue weighted by molar-refractivity contribution is 7.92. The van der Waals surface area contributed by atoms with Crippen molar-refractivity contribution in [1.29, 1.82) is 0 Å². The summed E-state index contributed by atoms with van der Waals surface area (Å²) in [6, 6.07) is 7.23. The molecule has 2 rings (SSSR count). The molecule has 0 radical (unpaired) electrons. The molecule has 112 valence electrons. The van der Waals surface area contributed by atoms with Gasteiger partial charge in [0.1, 0.15) is 0 Å². The standard InChI is InChI=1S/C14H20ClNO3S/c1-3-19-9-14(16)12(13(14)20(17,18)4-2)10-6-5-7-11(15)8-10/h5-8,12-13H,3-4,9,16H2,1-2H3/t12-,13-,14-/m0/s1. The topological polar surface area (TPSA) is 69.4 Å². The van der Waals surface area contributed by atoms with Crippen molar-refractivity contribution < 1.29 is 13.2 Å². The summed E-state index contributed by atoms with van der Waals surface area (Å²) in [4.78, 5) is 0. The number of halogens is 1. The van der Waals surface area contributed by atoms with Crippen LogP contribution >= 0.6 is 11.6 Å². The Morgan fingerprint density at radius 3 is 2.65 bits per heavy atom. The van der Waals surface area contributed by atoms with Gasteiger partial charge in [-0.2, -0.15) is 0 Å². The third kappa shape index (κ3) is 2.72. The third-order valence-electron chi connectivity index (χ3n) is 3.86. The predicted molar refractivity (Wildman–Crippen MR) is 80.9 cm³/mol. The van der Waals surface area contributed by atoms with Crippen LogP contribution in [0.4, 0.5) is 0 Å². The molecule has 1 saturated carbocycles. The van der Waals surface area contributed by atoms with Gasteiger partial charge in [0.25, 0.3) is 0 Å². The third-order valence-corrected chi connectivity index (χ3v) is 6.38.